The van der Waals surface area contributed by atoms with Gasteiger partial charge in [-0.15, -0.1) is 0 Å². The fourth-order valence-corrected chi connectivity index (χ4v) is 2.39. The summed E-state index contributed by atoms with van der Waals surface area (Å²) in [6.45, 7) is 0.0378. The molecule has 0 saturated carbocycles. The molecule has 0 amide bonds. The molecule has 0 N–H and O–H groups in total. The lowest BCUT2D eigenvalue weighted by atomic mass is 10.1. The minimum Gasteiger partial charge on any atom is -0.454 e. The lowest BCUT2D eigenvalue weighted by Gasteiger charge is -2.01. The molecular formula is C14H8Cl2N2O4. The summed E-state index contributed by atoms with van der Waals surface area (Å²) >= 11 is 11.8. The molecule has 1 aliphatic heterocycles. The van der Waals surface area contributed by atoms with E-state index in [0.29, 0.717) is 32.8 Å². The van der Waals surface area contributed by atoms with E-state index in [9.17, 15) is 10.1 Å². The van der Waals surface area contributed by atoms with Crippen LogP contribution >= 0.6 is 23.2 Å². The van der Waals surface area contributed by atoms with Crippen molar-refractivity contribution in [1.29, 1.82) is 0 Å². The maximum absolute atomic E-state index is 11.1. The molecule has 2 aromatic rings. The van der Waals surface area contributed by atoms with Crippen LogP contribution in [0.4, 0.5) is 11.4 Å². The largest absolute Gasteiger partial charge is 0.454 e. The van der Waals surface area contributed by atoms with Gasteiger partial charge >= 0.3 is 0 Å². The number of fused-ring (bicyclic) bond motifs is 1. The highest BCUT2D eigenvalue weighted by Gasteiger charge is 2.22. The first-order chi connectivity index (χ1) is 10.5. The SMILES string of the molecule is O=[N+]([O-])c1cc2c(cc1C=Nc1ccc(Cl)cc1Cl)OCO2. The van der Waals surface area contributed by atoms with Gasteiger partial charge in [0.25, 0.3) is 5.69 Å². The van der Waals surface area contributed by atoms with Gasteiger partial charge in [-0.05, 0) is 24.3 Å². The van der Waals surface area contributed by atoms with E-state index in [0.717, 1.165) is 0 Å². The smallest absolute Gasteiger partial charge is 0.282 e. The topological polar surface area (TPSA) is 74.0 Å². The van der Waals surface area contributed by atoms with E-state index in [2.05, 4.69) is 4.99 Å². The van der Waals surface area contributed by atoms with Gasteiger partial charge in [0, 0.05) is 11.2 Å². The first kappa shape index (κ1) is 14.6. The number of halogens is 2. The van der Waals surface area contributed by atoms with Gasteiger partial charge < -0.3 is 9.47 Å². The minimum atomic E-state index is -0.507. The summed E-state index contributed by atoms with van der Waals surface area (Å²) in [5.41, 5.74) is 0.622. The minimum absolute atomic E-state index is 0.0378. The standard InChI is InChI=1S/C14H8Cl2N2O4/c15-9-1-2-11(10(16)4-9)17-6-8-3-13-14(22-7-21-13)5-12(8)18(19)20/h1-6H,7H2. The Bertz CT molecular complexity index is 793. The average molecular weight is 339 g/mol. The third-order valence-electron chi connectivity index (χ3n) is 2.97. The summed E-state index contributed by atoms with van der Waals surface area (Å²) < 4.78 is 10.3. The Hall–Kier alpha value is -2.31. The van der Waals surface area contributed by atoms with Gasteiger partial charge in [-0.25, -0.2) is 0 Å². The summed E-state index contributed by atoms with van der Waals surface area (Å²) in [4.78, 5) is 14.8. The van der Waals surface area contributed by atoms with Gasteiger partial charge in [0.1, 0.15) is 0 Å². The third-order valence-corrected chi connectivity index (χ3v) is 3.51. The van der Waals surface area contributed by atoms with Crippen molar-refractivity contribution in [2.75, 3.05) is 6.79 Å². The van der Waals surface area contributed by atoms with Gasteiger partial charge in [-0.3, -0.25) is 15.1 Å². The number of hydrogen-bond acceptors (Lipinski definition) is 5. The predicted octanol–water partition coefficient (Wildman–Crippen LogP) is 4.38. The second kappa shape index (κ2) is 5.82. The first-order valence-electron chi connectivity index (χ1n) is 6.12. The maximum Gasteiger partial charge on any atom is 0.282 e. The number of aliphatic imine (C=N–C) groups is 1. The third kappa shape index (κ3) is 2.84. The molecule has 2 aromatic carbocycles. The molecule has 0 atom stereocenters. The zero-order valence-corrected chi connectivity index (χ0v) is 12.5. The van der Waals surface area contributed by atoms with Gasteiger partial charge in [0.2, 0.25) is 6.79 Å². The van der Waals surface area contributed by atoms with Crippen molar-refractivity contribution in [2.45, 2.75) is 0 Å². The second-order valence-corrected chi connectivity index (χ2v) is 5.22. The molecule has 22 heavy (non-hydrogen) atoms. The van der Waals surface area contributed by atoms with Crippen molar-refractivity contribution in [3.05, 3.63) is 56.1 Å². The van der Waals surface area contributed by atoms with Crippen molar-refractivity contribution in [3.8, 4) is 11.5 Å². The Morgan fingerprint density at radius 3 is 2.59 bits per heavy atom. The lowest BCUT2D eigenvalue weighted by Crippen LogP contribution is -1.94. The summed E-state index contributed by atoms with van der Waals surface area (Å²) in [5, 5.41) is 12.0. The van der Waals surface area contributed by atoms with Crippen LogP contribution in [0.1, 0.15) is 5.56 Å². The molecule has 0 saturated heterocycles. The molecule has 1 aliphatic rings. The van der Waals surface area contributed by atoms with E-state index in [-0.39, 0.29) is 12.5 Å². The maximum atomic E-state index is 11.1. The summed E-state index contributed by atoms with van der Waals surface area (Å²) in [6, 6.07) is 7.62. The molecule has 0 spiro atoms. The zero-order chi connectivity index (χ0) is 15.7. The Kier molecular flexibility index (Phi) is 3.87. The highest BCUT2D eigenvalue weighted by Crippen LogP contribution is 2.37. The van der Waals surface area contributed by atoms with E-state index in [1.165, 1.54) is 18.3 Å². The number of ether oxygens (including phenoxy) is 2. The van der Waals surface area contributed by atoms with Gasteiger partial charge in [-0.2, -0.15) is 0 Å². The van der Waals surface area contributed by atoms with E-state index in [1.807, 2.05) is 0 Å². The molecule has 0 fully saturated rings. The molecule has 0 aliphatic carbocycles. The normalized spacial score (nSPS) is 12.8. The molecule has 0 bridgehead atoms. The van der Waals surface area contributed by atoms with Gasteiger partial charge in [0.15, 0.2) is 11.5 Å². The zero-order valence-electron chi connectivity index (χ0n) is 11.0. The van der Waals surface area contributed by atoms with Crippen LogP contribution in [0.25, 0.3) is 0 Å². The van der Waals surface area contributed by atoms with Crippen LogP contribution < -0.4 is 9.47 Å². The van der Waals surface area contributed by atoms with E-state index >= 15 is 0 Å². The number of benzene rings is 2. The molecule has 6 nitrogen and oxygen atoms in total. The number of nitro benzene ring substituents is 1. The van der Waals surface area contributed by atoms with Crippen molar-refractivity contribution >= 4 is 40.8 Å². The quantitative estimate of drug-likeness (QED) is 0.472. The number of hydrogen-bond donors (Lipinski definition) is 0. The van der Waals surface area contributed by atoms with Crippen LogP contribution in [0.5, 0.6) is 11.5 Å². The molecule has 1 heterocycles. The highest BCUT2D eigenvalue weighted by atomic mass is 35.5. The predicted molar refractivity (Wildman–Crippen MR) is 82.9 cm³/mol. The summed E-state index contributed by atoms with van der Waals surface area (Å²) in [7, 11) is 0. The van der Waals surface area contributed by atoms with Crippen LogP contribution in [0.3, 0.4) is 0 Å². The second-order valence-electron chi connectivity index (χ2n) is 4.38. The van der Waals surface area contributed by atoms with Crippen LogP contribution in [-0.4, -0.2) is 17.9 Å². The molecule has 112 valence electrons. The molecule has 3 rings (SSSR count). The summed E-state index contributed by atoms with van der Waals surface area (Å²) in [6.07, 6.45) is 1.36. The number of rotatable bonds is 3. The van der Waals surface area contributed by atoms with Crippen LogP contribution in [0.2, 0.25) is 10.0 Å². The fourth-order valence-electron chi connectivity index (χ4n) is 1.93. The molecule has 0 unspecified atom stereocenters. The van der Waals surface area contributed by atoms with Crippen molar-refractivity contribution in [1.82, 2.24) is 0 Å². The van der Waals surface area contributed by atoms with Crippen molar-refractivity contribution in [3.63, 3.8) is 0 Å². The van der Waals surface area contributed by atoms with Crippen LogP contribution in [-0.2, 0) is 0 Å². The molecule has 0 aromatic heterocycles. The fraction of sp³-hybridized carbons (Fsp3) is 0.0714. The molecule has 0 radical (unpaired) electrons. The Labute approximate surface area is 135 Å². The number of nitrogens with zero attached hydrogens (tertiary/aromatic N) is 2. The van der Waals surface area contributed by atoms with Crippen LogP contribution in [0, 0.1) is 10.1 Å². The monoisotopic (exact) mass is 338 g/mol. The van der Waals surface area contributed by atoms with Gasteiger partial charge in [-0.1, -0.05) is 23.2 Å². The van der Waals surface area contributed by atoms with E-state index < -0.39 is 4.92 Å². The van der Waals surface area contributed by atoms with Gasteiger partial charge in [0.05, 0.1) is 27.3 Å². The summed E-state index contributed by atoms with van der Waals surface area (Å²) in [5.74, 6) is 0.780. The average Bonchev–Trinajstić information content (AvgIpc) is 2.92. The van der Waals surface area contributed by atoms with E-state index in [1.54, 1.807) is 18.2 Å². The molecule has 8 heteroatoms. The molecular weight excluding hydrogens is 331 g/mol. The van der Waals surface area contributed by atoms with Crippen molar-refractivity contribution in [2.24, 2.45) is 4.99 Å². The highest BCUT2D eigenvalue weighted by molar-refractivity contribution is 6.36. The van der Waals surface area contributed by atoms with E-state index in [4.69, 9.17) is 32.7 Å². The van der Waals surface area contributed by atoms with Crippen LogP contribution in [0.15, 0.2) is 35.3 Å². The van der Waals surface area contributed by atoms with Crippen molar-refractivity contribution < 1.29 is 14.4 Å². The Morgan fingerprint density at radius 1 is 1.18 bits per heavy atom. The lowest BCUT2D eigenvalue weighted by molar-refractivity contribution is -0.385. The number of nitro groups is 1. The first-order valence-corrected chi connectivity index (χ1v) is 6.87. The Morgan fingerprint density at radius 2 is 1.91 bits per heavy atom. The Balaban J connectivity index is 2.00.